The largest absolute Gasteiger partial charge is 0.478 e. The molecular formula is C10H7ClO2S. The van der Waals surface area contributed by atoms with Gasteiger partial charge in [0.1, 0.15) is 0 Å². The molecule has 0 spiro atoms. The van der Waals surface area contributed by atoms with E-state index in [1.54, 1.807) is 6.07 Å². The van der Waals surface area contributed by atoms with Crippen LogP contribution in [0.5, 0.6) is 0 Å². The van der Waals surface area contributed by atoms with Gasteiger partial charge in [-0.1, -0.05) is 11.6 Å². The third kappa shape index (κ3) is 1.29. The number of carboxylic acid groups (broad SMARTS) is 1. The van der Waals surface area contributed by atoms with Crippen LogP contribution >= 0.6 is 22.9 Å². The first-order valence-electron chi connectivity index (χ1n) is 4.01. The highest BCUT2D eigenvalue weighted by Crippen LogP contribution is 2.33. The van der Waals surface area contributed by atoms with Gasteiger partial charge in [0.15, 0.2) is 0 Å². The summed E-state index contributed by atoms with van der Waals surface area (Å²) < 4.78 is 0.851. The maximum Gasteiger partial charge on any atom is 0.337 e. The van der Waals surface area contributed by atoms with E-state index < -0.39 is 5.97 Å². The van der Waals surface area contributed by atoms with Gasteiger partial charge in [-0.2, -0.15) is 0 Å². The Bertz CT molecular complexity index is 516. The maximum atomic E-state index is 10.9. The number of carboxylic acids is 1. The predicted molar refractivity (Wildman–Crippen MR) is 58.5 cm³/mol. The van der Waals surface area contributed by atoms with Crippen molar-refractivity contribution in [3.05, 3.63) is 33.7 Å². The van der Waals surface area contributed by atoms with Crippen LogP contribution in [0.3, 0.4) is 0 Å². The number of hydrogen-bond acceptors (Lipinski definition) is 2. The van der Waals surface area contributed by atoms with Gasteiger partial charge < -0.3 is 5.11 Å². The Morgan fingerprint density at radius 1 is 1.57 bits per heavy atom. The first-order valence-corrected chi connectivity index (χ1v) is 5.26. The van der Waals surface area contributed by atoms with Crippen LogP contribution in [-0.4, -0.2) is 11.1 Å². The topological polar surface area (TPSA) is 37.3 Å². The summed E-state index contributed by atoms with van der Waals surface area (Å²) in [4.78, 5) is 10.9. The molecule has 0 unspecified atom stereocenters. The molecule has 0 aliphatic carbocycles. The van der Waals surface area contributed by atoms with E-state index in [1.807, 2.05) is 18.4 Å². The van der Waals surface area contributed by atoms with Gasteiger partial charge in [0.2, 0.25) is 0 Å². The first kappa shape index (κ1) is 9.49. The Morgan fingerprint density at radius 2 is 2.29 bits per heavy atom. The molecule has 1 aromatic heterocycles. The lowest BCUT2D eigenvalue weighted by atomic mass is 10.1. The number of thiophene rings is 1. The van der Waals surface area contributed by atoms with Gasteiger partial charge in [-0.05, 0) is 35.4 Å². The molecule has 14 heavy (non-hydrogen) atoms. The van der Waals surface area contributed by atoms with Gasteiger partial charge in [-0.15, -0.1) is 11.3 Å². The molecule has 4 heteroatoms. The molecule has 1 N–H and O–H groups in total. The number of hydrogen-bond donors (Lipinski definition) is 1. The number of carbonyl (C=O) groups is 1. The van der Waals surface area contributed by atoms with E-state index in [0.29, 0.717) is 5.02 Å². The maximum absolute atomic E-state index is 10.9. The number of aromatic carboxylic acids is 1. The molecule has 1 aromatic carbocycles. The van der Waals surface area contributed by atoms with Crippen LogP contribution < -0.4 is 0 Å². The highest BCUT2D eigenvalue weighted by molar-refractivity contribution is 7.18. The summed E-state index contributed by atoms with van der Waals surface area (Å²) in [5.74, 6) is -0.978. The molecule has 2 nitrogen and oxygen atoms in total. The van der Waals surface area contributed by atoms with Crippen molar-refractivity contribution in [2.45, 2.75) is 6.92 Å². The van der Waals surface area contributed by atoms with E-state index in [0.717, 1.165) is 15.6 Å². The standard InChI is InChI=1S/C10H7ClO2S/c1-5-4-7(10(12)13)8(11)9-6(5)2-3-14-9/h2-4H,1H3,(H,12,13). The molecule has 1 heterocycles. The molecule has 0 aliphatic rings. The highest BCUT2D eigenvalue weighted by Gasteiger charge is 2.14. The van der Waals surface area contributed by atoms with Crippen molar-refractivity contribution in [2.75, 3.05) is 0 Å². The summed E-state index contributed by atoms with van der Waals surface area (Å²) in [6.07, 6.45) is 0. The normalized spacial score (nSPS) is 10.7. The average Bonchev–Trinajstić information content (AvgIpc) is 2.59. The molecule has 0 amide bonds. The zero-order valence-corrected chi connectivity index (χ0v) is 8.95. The second kappa shape index (κ2) is 3.26. The number of halogens is 1. The Kier molecular flexibility index (Phi) is 2.21. The monoisotopic (exact) mass is 226 g/mol. The van der Waals surface area contributed by atoms with Crippen molar-refractivity contribution in [1.29, 1.82) is 0 Å². The van der Waals surface area contributed by atoms with Crippen molar-refractivity contribution < 1.29 is 9.90 Å². The van der Waals surface area contributed by atoms with Crippen LogP contribution in [0.15, 0.2) is 17.5 Å². The summed E-state index contributed by atoms with van der Waals surface area (Å²) >= 11 is 7.44. The van der Waals surface area contributed by atoms with E-state index in [1.165, 1.54) is 11.3 Å². The van der Waals surface area contributed by atoms with Crippen LogP contribution in [0.25, 0.3) is 10.1 Å². The van der Waals surface area contributed by atoms with Crippen molar-refractivity contribution in [3.63, 3.8) is 0 Å². The third-order valence-electron chi connectivity index (χ3n) is 2.12. The van der Waals surface area contributed by atoms with Crippen molar-refractivity contribution in [2.24, 2.45) is 0 Å². The lowest BCUT2D eigenvalue weighted by Crippen LogP contribution is -1.98. The molecule has 0 aliphatic heterocycles. The van der Waals surface area contributed by atoms with Crippen LogP contribution in [-0.2, 0) is 0 Å². The number of fused-ring (bicyclic) bond motifs is 1. The fourth-order valence-electron chi connectivity index (χ4n) is 1.43. The zero-order chi connectivity index (χ0) is 10.3. The van der Waals surface area contributed by atoms with Crippen LogP contribution in [0, 0.1) is 6.92 Å². The second-order valence-electron chi connectivity index (χ2n) is 3.02. The van der Waals surface area contributed by atoms with Crippen LogP contribution in [0.1, 0.15) is 15.9 Å². The molecule has 0 saturated carbocycles. The Hall–Kier alpha value is -1.06. The third-order valence-corrected chi connectivity index (χ3v) is 3.55. The van der Waals surface area contributed by atoms with Gasteiger partial charge >= 0.3 is 5.97 Å². The molecule has 0 bridgehead atoms. The van der Waals surface area contributed by atoms with E-state index >= 15 is 0 Å². The number of aryl methyl sites for hydroxylation is 1. The predicted octanol–water partition coefficient (Wildman–Crippen LogP) is 3.56. The van der Waals surface area contributed by atoms with E-state index in [2.05, 4.69) is 0 Å². The Balaban J connectivity index is 2.88. The smallest absolute Gasteiger partial charge is 0.337 e. The summed E-state index contributed by atoms with van der Waals surface area (Å²) in [7, 11) is 0. The summed E-state index contributed by atoms with van der Waals surface area (Å²) in [5, 5.41) is 12.2. The zero-order valence-electron chi connectivity index (χ0n) is 7.37. The van der Waals surface area contributed by atoms with E-state index in [9.17, 15) is 4.79 Å². The van der Waals surface area contributed by atoms with Crippen molar-refractivity contribution >= 4 is 39.0 Å². The van der Waals surface area contributed by atoms with Crippen LogP contribution in [0.4, 0.5) is 0 Å². The van der Waals surface area contributed by atoms with Gasteiger partial charge in [-0.25, -0.2) is 4.79 Å². The summed E-state index contributed by atoms with van der Waals surface area (Å²) in [6, 6.07) is 3.56. The lowest BCUT2D eigenvalue weighted by Gasteiger charge is -2.03. The van der Waals surface area contributed by atoms with Crippen molar-refractivity contribution in [3.8, 4) is 0 Å². The minimum atomic E-state index is -0.978. The molecule has 0 atom stereocenters. The fraction of sp³-hybridized carbons (Fsp3) is 0.100. The summed E-state index contributed by atoms with van der Waals surface area (Å²) in [6.45, 7) is 1.89. The SMILES string of the molecule is Cc1cc(C(=O)O)c(Cl)c2sccc12. The molecular weight excluding hydrogens is 220 g/mol. The van der Waals surface area contributed by atoms with Gasteiger partial charge in [0.25, 0.3) is 0 Å². The molecule has 0 radical (unpaired) electrons. The van der Waals surface area contributed by atoms with E-state index in [-0.39, 0.29) is 5.56 Å². The molecule has 72 valence electrons. The minimum absolute atomic E-state index is 0.180. The van der Waals surface area contributed by atoms with Crippen LogP contribution in [0.2, 0.25) is 5.02 Å². The van der Waals surface area contributed by atoms with E-state index in [4.69, 9.17) is 16.7 Å². The van der Waals surface area contributed by atoms with Gasteiger partial charge in [0, 0.05) is 0 Å². The Morgan fingerprint density at radius 3 is 2.93 bits per heavy atom. The quantitative estimate of drug-likeness (QED) is 0.807. The molecule has 2 rings (SSSR count). The number of benzene rings is 1. The Labute approximate surface area is 89.7 Å². The summed E-state index contributed by atoms with van der Waals surface area (Å²) in [5.41, 5.74) is 1.13. The fourth-order valence-corrected chi connectivity index (χ4v) is 2.71. The van der Waals surface area contributed by atoms with Gasteiger partial charge in [-0.3, -0.25) is 0 Å². The molecule has 0 fully saturated rings. The number of rotatable bonds is 1. The average molecular weight is 227 g/mol. The molecule has 2 aromatic rings. The highest BCUT2D eigenvalue weighted by atomic mass is 35.5. The molecule has 0 saturated heterocycles. The lowest BCUT2D eigenvalue weighted by molar-refractivity contribution is 0.0697. The van der Waals surface area contributed by atoms with Gasteiger partial charge in [0.05, 0.1) is 15.3 Å². The minimum Gasteiger partial charge on any atom is -0.478 e. The van der Waals surface area contributed by atoms with Crippen molar-refractivity contribution in [1.82, 2.24) is 0 Å². The second-order valence-corrected chi connectivity index (χ2v) is 4.32. The first-order chi connectivity index (χ1) is 6.61.